The summed E-state index contributed by atoms with van der Waals surface area (Å²) >= 11 is 3.49. The highest BCUT2D eigenvalue weighted by molar-refractivity contribution is 9.10. The minimum Gasteiger partial charge on any atom is -0.494 e. The minimum absolute atomic E-state index is 0.170. The maximum atomic E-state index is 13.7. The number of halogens is 2. The third kappa shape index (κ3) is 2.86. The molecule has 2 rings (SSSR count). The number of hydrogen-bond acceptors (Lipinski definition) is 2. The van der Waals surface area contributed by atoms with Gasteiger partial charge >= 0.3 is 0 Å². The fraction of sp³-hybridized carbons (Fsp3) is 0.250. The van der Waals surface area contributed by atoms with Crippen LogP contribution in [0, 0.1) is 19.7 Å². The molecule has 1 N–H and O–H groups in total. The molecule has 0 amide bonds. The normalized spacial score (nSPS) is 12.3. The Hall–Kier alpha value is -1.39. The zero-order chi connectivity index (χ0) is 14.9. The van der Waals surface area contributed by atoms with E-state index >= 15 is 0 Å². The van der Waals surface area contributed by atoms with Crippen molar-refractivity contribution in [2.45, 2.75) is 20.0 Å². The van der Waals surface area contributed by atoms with Gasteiger partial charge in [-0.1, -0.05) is 34.1 Å². The van der Waals surface area contributed by atoms with Gasteiger partial charge in [-0.3, -0.25) is 0 Å². The molecular formula is C16H16BrFO2. The van der Waals surface area contributed by atoms with E-state index in [4.69, 9.17) is 4.74 Å². The summed E-state index contributed by atoms with van der Waals surface area (Å²) in [7, 11) is 1.41. The first-order valence-electron chi connectivity index (χ1n) is 6.22. The average molecular weight is 339 g/mol. The van der Waals surface area contributed by atoms with E-state index in [0.29, 0.717) is 5.56 Å². The number of methoxy groups -OCH3 is 1. The van der Waals surface area contributed by atoms with Crippen LogP contribution in [-0.2, 0) is 0 Å². The van der Waals surface area contributed by atoms with E-state index in [1.54, 1.807) is 6.07 Å². The molecule has 2 nitrogen and oxygen atoms in total. The Bertz CT molecular complexity index is 617. The molecule has 0 aliphatic heterocycles. The first-order chi connectivity index (χ1) is 9.43. The molecule has 0 radical (unpaired) electrons. The summed E-state index contributed by atoms with van der Waals surface area (Å²) in [6.45, 7) is 3.92. The van der Waals surface area contributed by atoms with Crippen LogP contribution in [0.4, 0.5) is 4.39 Å². The zero-order valence-electron chi connectivity index (χ0n) is 11.6. The largest absolute Gasteiger partial charge is 0.494 e. The molecule has 0 aromatic heterocycles. The molecular weight excluding hydrogens is 323 g/mol. The number of hydrogen-bond donors (Lipinski definition) is 1. The second kappa shape index (κ2) is 5.94. The summed E-state index contributed by atoms with van der Waals surface area (Å²) < 4.78 is 19.6. The molecule has 106 valence electrons. The fourth-order valence-electron chi connectivity index (χ4n) is 2.18. The Morgan fingerprint density at radius 1 is 1.10 bits per heavy atom. The van der Waals surface area contributed by atoms with Crippen LogP contribution < -0.4 is 4.74 Å². The van der Waals surface area contributed by atoms with Crippen LogP contribution >= 0.6 is 15.9 Å². The van der Waals surface area contributed by atoms with Crippen molar-refractivity contribution < 1.29 is 14.2 Å². The van der Waals surface area contributed by atoms with Crippen LogP contribution in [0.15, 0.2) is 34.8 Å². The van der Waals surface area contributed by atoms with E-state index in [1.165, 1.54) is 19.2 Å². The molecule has 0 aliphatic rings. The molecule has 20 heavy (non-hydrogen) atoms. The van der Waals surface area contributed by atoms with Crippen molar-refractivity contribution >= 4 is 15.9 Å². The van der Waals surface area contributed by atoms with Gasteiger partial charge in [-0.15, -0.1) is 0 Å². The highest BCUT2D eigenvalue weighted by atomic mass is 79.9. The van der Waals surface area contributed by atoms with Crippen LogP contribution in [0.1, 0.15) is 28.4 Å². The van der Waals surface area contributed by atoms with Gasteiger partial charge in [0, 0.05) is 4.47 Å². The zero-order valence-corrected chi connectivity index (χ0v) is 13.2. The van der Waals surface area contributed by atoms with Gasteiger partial charge in [0.05, 0.1) is 7.11 Å². The third-order valence-electron chi connectivity index (χ3n) is 3.27. The third-order valence-corrected chi connectivity index (χ3v) is 4.52. The molecule has 0 aliphatic carbocycles. The van der Waals surface area contributed by atoms with Gasteiger partial charge < -0.3 is 9.84 Å². The summed E-state index contributed by atoms with van der Waals surface area (Å²) in [4.78, 5) is 0. The number of benzene rings is 2. The molecule has 0 bridgehead atoms. The predicted molar refractivity (Wildman–Crippen MR) is 80.6 cm³/mol. The van der Waals surface area contributed by atoms with E-state index < -0.39 is 11.9 Å². The first-order valence-corrected chi connectivity index (χ1v) is 7.01. The van der Waals surface area contributed by atoms with Crippen molar-refractivity contribution in [1.82, 2.24) is 0 Å². The van der Waals surface area contributed by atoms with E-state index in [-0.39, 0.29) is 5.75 Å². The van der Waals surface area contributed by atoms with Gasteiger partial charge in [0.1, 0.15) is 6.10 Å². The summed E-state index contributed by atoms with van der Waals surface area (Å²) in [5.41, 5.74) is 3.32. The molecule has 1 unspecified atom stereocenters. The second-order valence-electron chi connectivity index (χ2n) is 4.77. The molecule has 0 fully saturated rings. The molecule has 1 atom stereocenters. The maximum Gasteiger partial charge on any atom is 0.165 e. The lowest BCUT2D eigenvalue weighted by atomic mass is 9.98. The van der Waals surface area contributed by atoms with Crippen LogP contribution in [0.2, 0.25) is 0 Å². The van der Waals surface area contributed by atoms with E-state index in [0.717, 1.165) is 21.2 Å². The van der Waals surface area contributed by atoms with Gasteiger partial charge in [0.2, 0.25) is 0 Å². The number of aliphatic hydroxyl groups is 1. The lowest BCUT2D eigenvalue weighted by Gasteiger charge is -2.15. The Kier molecular flexibility index (Phi) is 4.45. The second-order valence-corrected chi connectivity index (χ2v) is 5.56. The van der Waals surface area contributed by atoms with E-state index in [9.17, 15) is 9.50 Å². The Morgan fingerprint density at radius 2 is 1.70 bits per heavy atom. The van der Waals surface area contributed by atoms with Crippen molar-refractivity contribution in [3.63, 3.8) is 0 Å². The van der Waals surface area contributed by atoms with Crippen molar-refractivity contribution in [3.05, 3.63) is 62.9 Å². The smallest absolute Gasteiger partial charge is 0.165 e. The maximum absolute atomic E-state index is 13.7. The van der Waals surface area contributed by atoms with Crippen molar-refractivity contribution in [2.24, 2.45) is 0 Å². The van der Waals surface area contributed by atoms with Gasteiger partial charge in [-0.25, -0.2) is 4.39 Å². The highest BCUT2D eigenvalue weighted by Crippen LogP contribution is 2.30. The molecule has 2 aromatic rings. The Labute approximate surface area is 126 Å². The lowest BCUT2D eigenvalue weighted by molar-refractivity contribution is 0.219. The quantitative estimate of drug-likeness (QED) is 0.904. The van der Waals surface area contributed by atoms with E-state index in [2.05, 4.69) is 15.9 Å². The molecule has 0 saturated carbocycles. The number of rotatable bonds is 3. The fourth-order valence-corrected chi connectivity index (χ4v) is 2.41. The summed E-state index contributed by atoms with van der Waals surface area (Å²) in [6.07, 6.45) is -0.860. The number of aryl methyl sites for hydroxylation is 2. The Balaban J connectivity index is 2.41. The Morgan fingerprint density at radius 3 is 2.20 bits per heavy atom. The van der Waals surface area contributed by atoms with E-state index in [1.807, 2.05) is 26.0 Å². The highest BCUT2D eigenvalue weighted by Gasteiger charge is 2.15. The topological polar surface area (TPSA) is 29.5 Å². The van der Waals surface area contributed by atoms with Crippen LogP contribution in [0.25, 0.3) is 0 Å². The summed E-state index contributed by atoms with van der Waals surface area (Å²) in [5.74, 6) is -0.307. The van der Waals surface area contributed by atoms with Crippen LogP contribution in [-0.4, -0.2) is 12.2 Å². The molecule has 4 heteroatoms. The standard InChI is InChI=1S/C16H16BrFO2/c1-9-6-12(7-10(2)15(9)17)16(19)11-4-5-14(20-3)13(18)8-11/h4-8,16,19H,1-3H3. The average Bonchev–Trinajstić information content (AvgIpc) is 2.43. The van der Waals surface area contributed by atoms with Crippen molar-refractivity contribution in [1.29, 1.82) is 0 Å². The number of aliphatic hydroxyl groups excluding tert-OH is 1. The van der Waals surface area contributed by atoms with Crippen molar-refractivity contribution in [2.75, 3.05) is 7.11 Å². The monoisotopic (exact) mass is 338 g/mol. The predicted octanol–water partition coefficient (Wildman–Crippen LogP) is 4.30. The molecule has 0 spiro atoms. The lowest BCUT2D eigenvalue weighted by Crippen LogP contribution is -2.02. The molecule has 0 heterocycles. The summed E-state index contributed by atoms with van der Waals surface area (Å²) in [5, 5.41) is 10.4. The summed E-state index contributed by atoms with van der Waals surface area (Å²) in [6, 6.07) is 8.27. The van der Waals surface area contributed by atoms with Gasteiger partial charge in [-0.2, -0.15) is 0 Å². The SMILES string of the molecule is COc1ccc(C(O)c2cc(C)c(Br)c(C)c2)cc1F. The van der Waals surface area contributed by atoms with Crippen molar-refractivity contribution in [3.8, 4) is 5.75 Å². The first kappa shape index (κ1) is 15.0. The molecule has 0 saturated heterocycles. The minimum atomic E-state index is -0.860. The van der Waals surface area contributed by atoms with Gasteiger partial charge in [0.25, 0.3) is 0 Å². The van der Waals surface area contributed by atoms with Crippen LogP contribution in [0.5, 0.6) is 5.75 Å². The van der Waals surface area contributed by atoms with Gasteiger partial charge in [0.15, 0.2) is 11.6 Å². The number of ether oxygens (including phenoxy) is 1. The van der Waals surface area contributed by atoms with Gasteiger partial charge in [-0.05, 0) is 48.2 Å². The van der Waals surface area contributed by atoms with Crippen LogP contribution in [0.3, 0.4) is 0 Å². The molecule has 2 aromatic carbocycles.